The Bertz CT molecular complexity index is 342. The van der Waals surface area contributed by atoms with Gasteiger partial charge < -0.3 is 15.3 Å². The lowest BCUT2D eigenvalue weighted by Gasteiger charge is -2.13. The van der Waals surface area contributed by atoms with Crippen LogP contribution in [0.3, 0.4) is 0 Å². The summed E-state index contributed by atoms with van der Waals surface area (Å²) in [4.78, 5) is 0. The molecule has 0 aliphatic rings. The summed E-state index contributed by atoms with van der Waals surface area (Å²) in [5, 5.41) is 34.0. The minimum Gasteiger partial charge on any atom is -0.379 e. The van der Waals surface area contributed by atoms with Gasteiger partial charge in [-0.2, -0.15) is 12.6 Å². The van der Waals surface area contributed by atoms with Crippen LogP contribution in [0.15, 0.2) is 0 Å². The van der Waals surface area contributed by atoms with Crippen LogP contribution in [-0.4, -0.2) is 39.8 Å². The molecule has 0 aromatic carbocycles. The minimum atomic E-state index is -1.12. The van der Waals surface area contributed by atoms with Crippen molar-refractivity contribution in [2.24, 2.45) is 0 Å². The van der Waals surface area contributed by atoms with Gasteiger partial charge in [0.1, 0.15) is 6.23 Å². The molecule has 0 fully saturated rings. The van der Waals surface area contributed by atoms with Crippen LogP contribution in [0.25, 0.3) is 0 Å². The summed E-state index contributed by atoms with van der Waals surface area (Å²) in [6.07, 6.45) is 20.8. The Balaban J connectivity index is 3.15. The summed E-state index contributed by atoms with van der Waals surface area (Å²) in [6, 6.07) is 0. The Morgan fingerprint density at radius 2 is 0.967 bits per heavy atom. The highest BCUT2D eigenvalue weighted by Gasteiger charge is 2.03. The van der Waals surface area contributed by atoms with Crippen molar-refractivity contribution < 1.29 is 15.3 Å². The summed E-state index contributed by atoms with van der Waals surface area (Å²) in [5.74, 6) is 0. The SMILES string of the molecule is OC(O)CCCCCCCCCCCCCCCCC(O)NCCCCC(S)NP. The zero-order chi connectivity index (χ0) is 22.3. The maximum atomic E-state index is 9.97. The zero-order valence-electron chi connectivity index (χ0n) is 19.2. The maximum absolute atomic E-state index is 9.97. The van der Waals surface area contributed by atoms with Crippen LogP contribution < -0.4 is 10.4 Å². The third kappa shape index (κ3) is 24.8. The molecule has 0 spiro atoms. The molecule has 0 bridgehead atoms. The summed E-state index contributed by atoms with van der Waals surface area (Å²) < 4.78 is 0. The average molecular weight is 467 g/mol. The van der Waals surface area contributed by atoms with E-state index in [-0.39, 0.29) is 11.6 Å². The number of hydrogen-bond acceptors (Lipinski definition) is 6. The van der Waals surface area contributed by atoms with E-state index in [1.54, 1.807) is 0 Å². The number of hydrogen-bond donors (Lipinski definition) is 6. The summed E-state index contributed by atoms with van der Waals surface area (Å²) in [5.41, 5.74) is 0. The molecule has 0 saturated carbocycles. The molecule has 182 valence electrons. The number of aliphatic hydroxyl groups excluding tert-OH is 2. The molecule has 0 aromatic rings. The topological polar surface area (TPSA) is 84.8 Å². The van der Waals surface area contributed by atoms with Gasteiger partial charge in [-0.05, 0) is 51.5 Å². The molecule has 0 aliphatic carbocycles. The predicted octanol–water partition coefficient (Wildman–Crippen LogP) is 5.25. The van der Waals surface area contributed by atoms with Crippen molar-refractivity contribution in [3.63, 3.8) is 0 Å². The van der Waals surface area contributed by atoms with Crippen molar-refractivity contribution >= 4 is 22.0 Å². The Morgan fingerprint density at radius 1 is 0.567 bits per heavy atom. The molecule has 3 unspecified atom stereocenters. The highest BCUT2D eigenvalue weighted by molar-refractivity contribution is 7.81. The number of aliphatic hydroxyl groups is 3. The molecule has 0 aromatic heterocycles. The molecule has 30 heavy (non-hydrogen) atoms. The maximum Gasteiger partial charge on any atom is 0.151 e. The smallest absolute Gasteiger partial charge is 0.151 e. The lowest BCUT2D eigenvalue weighted by atomic mass is 10.0. The molecule has 0 saturated heterocycles. The summed E-state index contributed by atoms with van der Waals surface area (Å²) in [7, 11) is 2.49. The van der Waals surface area contributed by atoms with Crippen molar-refractivity contribution in [1.82, 2.24) is 10.4 Å². The van der Waals surface area contributed by atoms with Crippen molar-refractivity contribution in [2.45, 2.75) is 140 Å². The standard InChI is InChI=1S/C23H51N2O3PS/c26-21(24-20-16-15-18-22(30)25-29)17-13-11-9-7-5-3-1-2-4-6-8-10-12-14-19-23(27)28/h21-28,30H,1-20,29H2. The molecule has 3 atom stereocenters. The van der Waals surface area contributed by atoms with E-state index in [4.69, 9.17) is 10.2 Å². The second kappa shape index (κ2) is 24.2. The van der Waals surface area contributed by atoms with Crippen LogP contribution in [0.2, 0.25) is 0 Å². The Kier molecular flexibility index (Phi) is 24.7. The quantitative estimate of drug-likeness (QED) is 0.0506. The fraction of sp³-hybridized carbons (Fsp3) is 1.00. The second-order valence-electron chi connectivity index (χ2n) is 8.66. The first kappa shape index (κ1) is 30.6. The van der Waals surface area contributed by atoms with Crippen molar-refractivity contribution in [3.05, 3.63) is 0 Å². The molecule has 7 heteroatoms. The van der Waals surface area contributed by atoms with Crippen molar-refractivity contribution in [1.29, 1.82) is 0 Å². The van der Waals surface area contributed by atoms with Crippen LogP contribution >= 0.6 is 22.0 Å². The summed E-state index contributed by atoms with van der Waals surface area (Å²) in [6.45, 7) is 0.881. The second-order valence-corrected chi connectivity index (χ2v) is 9.61. The highest BCUT2D eigenvalue weighted by atomic mass is 32.1. The van der Waals surface area contributed by atoms with Gasteiger partial charge in [0.25, 0.3) is 0 Å². The molecule has 0 amide bonds. The normalized spacial score (nSPS) is 13.8. The molecule has 0 heterocycles. The largest absolute Gasteiger partial charge is 0.379 e. The molecule has 0 rings (SSSR count). The van der Waals surface area contributed by atoms with Gasteiger partial charge >= 0.3 is 0 Å². The number of nitrogens with one attached hydrogen (secondary N) is 2. The van der Waals surface area contributed by atoms with E-state index < -0.39 is 6.29 Å². The van der Waals surface area contributed by atoms with Crippen LogP contribution in [0.4, 0.5) is 0 Å². The molecule has 0 aliphatic heterocycles. The molecule has 5 nitrogen and oxygen atoms in total. The monoisotopic (exact) mass is 466 g/mol. The van der Waals surface area contributed by atoms with Gasteiger partial charge in [-0.1, -0.05) is 86.4 Å². The predicted molar refractivity (Wildman–Crippen MR) is 136 cm³/mol. The molecule has 0 radical (unpaired) electrons. The Morgan fingerprint density at radius 3 is 1.40 bits per heavy atom. The van der Waals surface area contributed by atoms with Crippen LogP contribution in [0.5, 0.6) is 0 Å². The lowest BCUT2D eigenvalue weighted by molar-refractivity contribution is -0.0466. The molecular weight excluding hydrogens is 415 g/mol. The van der Waals surface area contributed by atoms with E-state index in [1.165, 1.54) is 70.6 Å². The highest BCUT2D eigenvalue weighted by Crippen LogP contribution is 2.14. The number of rotatable bonds is 24. The third-order valence-corrected chi connectivity index (χ3v) is 6.76. The van der Waals surface area contributed by atoms with E-state index >= 15 is 0 Å². The molecule has 5 N–H and O–H groups in total. The molecular formula is C23H51N2O3PS. The number of unbranched alkanes of at least 4 members (excludes halogenated alkanes) is 14. The van der Waals surface area contributed by atoms with Crippen LogP contribution in [0, 0.1) is 0 Å². The minimum absolute atomic E-state index is 0.246. The van der Waals surface area contributed by atoms with Gasteiger partial charge in [0.05, 0.1) is 5.37 Å². The van der Waals surface area contributed by atoms with Gasteiger partial charge in [0.2, 0.25) is 0 Å². The van der Waals surface area contributed by atoms with Gasteiger partial charge in [0, 0.05) is 0 Å². The first-order valence-electron chi connectivity index (χ1n) is 12.5. The summed E-state index contributed by atoms with van der Waals surface area (Å²) >= 11 is 4.38. The van der Waals surface area contributed by atoms with Crippen molar-refractivity contribution in [3.8, 4) is 0 Å². The Hall–Kier alpha value is 0.580. The fourth-order valence-electron chi connectivity index (χ4n) is 3.70. The fourth-order valence-corrected chi connectivity index (χ4v) is 4.05. The zero-order valence-corrected chi connectivity index (χ0v) is 21.3. The van der Waals surface area contributed by atoms with E-state index in [1.807, 2.05) is 0 Å². The van der Waals surface area contributed by atoms with E-state index in [2.05, 4.69) is 32.4 Å². The van der Waals surface area contributed by atoms with Crippen LogP contribution in [0.1, 0.15) is 122 Å². The van der Waals surface area contributed by atoms with E-state index in [0.717, 1.165) is 51.5 Å². The van der Waals surface area contributed by atoms with Gasteiger partial charge in [-0.15, -0.1) is 0 Å². The van der Waals surface area contributed by atoms with Gasteiger partial charge in [0.15, 0.2) is 6.29 Å². The third-order valence-electron chi connectivity index (χ3n) is 5.67. The Labute approximate surface area is 194 Å². The number of thiol groups is 1. The van der Waals surface area contributed by atoms with Gasteiger partial charge in [-0.3, -0.25) is 10.4 Å². The van der Waals surface area contributed by atoms with E-state index in [9.17, 15) is 5.11 Å². The lowest BCUT2D eigenvalue weighted by Crippen LogP contribution is -2.29. The van der Waals surface area contributed by atoms with Crippen LogP contribution in [-0.2, 0) is 0 Å². The van der Waals surface area contributed by atoms with Gasteiger partial charge in [-0.25, -0.2) is 0 Å². The van der Waals surface area contributed by atoms with Crippen molar-refractivity contribution in [2.75, 3.05) is 6.54 Å². The average Bonchev–Trinajstić information content (AvgIpc) is 2.72. The first-order chi connectivity index (χ1) is 14.6. The first-order valence-corrected chi connectivity index (χ1v) is 13.6. The van der Waals surface area contributed by atoms with E-state index in [0.29, 0.717) is 6.42 Å².